The van der Waals surface area contributed by atoms with E-state index in [1.807, 2.05) is 19.9 Å². The number of carbonyl (C=O) groups is 8. The van der Waals surface area contributed by atoms with Gasteiger partial charge in [-0.25, -0.2) is 9.59 Å². The van der Waals surface area contributed by atoms with E-state index in [1.165, 1.54) is 25.1 Å². The fraction of sp³-hybridized carbons (Fsp3) is 0.500. The average Bonchev–Trinajstić information content (AvgIpc) is 3.08. The molecule has 5 N–H and O–H groups in total. The number of anilines is 2. The summed E-state index contributed by atoms with van der Waals surface area (Å²) in [6, 6.07) is 5.32. The van der Waals surface area contributed by atoms with Gasteiger partial charge in [-0.3, -0.25) is 38.6 Å². The number of benzene rings is 2. The second kappa shape index (κ2) is 15.3. The van der Waals surface area contributed by atoms with Crippen molar-refractivity contribution in [1.29, 1.82) is 0 Å². The molecule has 0 spiro atoms. The van der Waals surface area contributed by atoms with Crippen LogP contribution < -0.4 is 16.0 Å². The Bertz CT molecular complexity index is 2070. The number of nitrogens with one attached hydrogen (secondary N) is 1. The van der Waals surface area contributed by atoms with E-state index in [2.05, 4.69) is 5.32 Å². The van der Waals surface area contributed by atoms with Crippen molar-refractivity contribution in [2.24, 2.45) is 29.4 Å². The molecule has 2 aromatic carbocycles. The Morgan fingerprint density at radius 3 is 2.11 bits per heavy atom. The number of aryl methyl sites for hydroxylation is 2. The molecule has 0 radical (unpaired) electrons. The summed E-state index contributed by atoms with van der Waals surface area (Å²) in [5, 5.41) is 26.0. The van der Waals surface area contributed by atoms with E-state index in [1.54, 1.807) is 51.9 Å². The Balaban J connectivity index is 1.41. The van der Waals surface area contributed by atoms with Gasteiger partial charge < -0.3 is 35.6 Å². The number of hydrogen-bond acceptors (Lipinski definition) is 14. The summed E-state index contributed by atoms with van der Waals surface area (Å²) >= 11 is 0. The van der Waals surface area contributed by atoms with Gasteiger partial charge in [-0.15, -0.1) is 0 Å². The van der Waals surface area contributed by atoms with Crippen molar-refractivity contribution in [2.75, 3.05) is 51.7 Å². The number of carbonyl (C=O) groups excluding carboxylic acids is 8. The third-order valence-corrected chi connectivity index (χ3v) is 11.0. The van der Waals surface area contributed by atoms with Crippen LogP contribution in [0.3, 0.4) is 0 Å². The minimum atomic E-state index is -2.90. The first-order valence-corrected chi connectivity index (χ1v) is 18.3. The van der Waals surface area contributed by atoms with Crippen LogP contribution >= 0.6 is 0 Å². The van der Waals surface area contributed by atoms with Crippen molar-refractivity contribution in [1.82, 2.24) is 9.80 Å². The van der Waals surface area contributed by atoms with Crippen molar-refractivity contribution in [2.45, 2.75) is 64.6 Å². The molecule has 3 aliphatic carbocycles. The molecule has 306 valence electrons. The van der Waals surface area contributed by atoms with Crippen LogP contribution in [0, 0.1) is 37.5 Å². The van der Waals surface area contributed by atoms with Gasteiger partial charge in [-0.05, 0) is 91.2 Å². The normalized spacial score (nSPS) is 24.2. The summed E-state index contributed by atoms with van der Waals surface area (Å²) < 4.78 is 10.3. The first kappa shape index (κ1) is 42.5. The molecule has 0 heterocycles. The predicted octanol–water partition coefficient (Wildman–Crippen LogP) is 1.54. The Morgan fingerprint density at radius 1 is 0.947 bits per heavy atom. The van der Waals surface area contributed by atoms with Crippen molar-refractivity contribution in [3.63, 3.8) is 0 Å². The lowest BCUT2D eigenvalue weighted by molar-refractivity contribution is -0.181. The van der Waals surface area contributed by atoms with Gasteiger partial charge in [0.2, 0.25) is 18.6 Å². The number of ketones is 4. The molecular weight excluding hydrogens is 742 g/mol. The first-order valence-electron chi connectivity index (χ1n) is 18.3. The standard InChI is InChI=1S/C40H49N5O12/c1-18-10-19(2)12-21(11-18)37(53)56-17-57-38(54)45(39(3,4)5)16-26(46)42-24-15-25(43(6)7)22-13-20-14-23-30(44(8)9)33(49)29(36(41)52)35(51)40(23,55)34(50)27(20)32(48)28(22)31(24)47/h10-12,15,20,23,27,29-30,47,55H,13-14,16-17H2,1-9H3,(H2,41,52)(H,42,46)/t20-,23-,27?,29?,30-,40-/m0/s1. The zero-order valence-corrected chi connectivity index (χ0v) is 33.4. The molecule has 2 unspecified atom stereocenters. The number of aromatic hydroxyl groups is 1. The van der Waals surface area contributed by atoms with Crippen LogP contribution in [0.1, 0.15) is 64.6 Å². The van der Waals surface area contributed by atoms with E-state index in [-0.39, 0.29) is 29.7 Å². The van der Waals surface area contributed by atoms with Gasteiger partial charge in [0.1, 0.15) is 12.3 Å². The fourth-order valence-electron chi connectivity index (χ4n) is 8.44. The molecule has 6 atom stereocenters. The highest BCUT2D eigenvalue weighted by Gasteiger charge is 2.69. The van der Waals surface area contributed by atoms with Gasteiger partial charge in [0, 0.05) is 31.2 Å². The number of esters is 1. The highest BCUT2D eigenvalue weighted by atomic mass is 16.7. The number of hydrogen-bond donors (Lipinski definition) is 4. The van der Waals surface area contributed by atoms with E-state index in [9.17, 15) is 48.6 Å². The van der Waals surface area contributed by atoms with Crippen molar-refractivity contribution < 1.29 is 58.0 Å². The maximum atomic E-state index is 14.4. The molecule has 0 bridgehead atoms. The Morgan fingerprint density at radius 2 is 1.56 bits per heavy atom. The first-order chi connectivity index (χ1) is 26.4. The largest absolute Gasteiger partial charge is 0.505 e. The Hall–Kier alpha value is -5.68. The maximum Gasteiger partial charge on any atom is 0.413 e. The number of rotatable bonds is 9. The third kappa shape index (κ3) is 7.60. The van der Waals surface area contributed by atoms with Gasteiger partial charge in [0.15, 0.2) is 34.7 Å². The molecule has 3 aliphatic rings. The summed E-state index contributed by atoms with van der Waals surface area (Å²) in [6.07, 6.45) is -1.10. The third-order valence-electron chi connectivity index (χ3n) is 11.0. The molecule has 2 fully saturated rings. The molecule has 17 heteroatoms. The topological polar surface area (TPSA) is 243 Å². The minimum absolute atomic E-state index is 0.0127. The maximum absolute atomic E-state index is 14.4. The molecule has 2 saturated carbocycles. The Kier molecular flexibility index (Phi) is 11.4. The molecule has 0 aromatic heterocycles. The summed E-state index contributed by atoms with van der Waals surface area (Å²) in [5.41, 5.74) is 3.63. The van der Waals surface area contributed by atoms with Crippen molar-refractivity contribution >= 4 is 58.4 Å². The lowest BCUT2D eigenvalue weighted by Gasteiger charge is -2.52. The smallest absolute Gasteiger partial charge is 0.413 e. The molecule has 3 amide bonds. The second-order valence-electron chi connectivity index (χ2n) is 16.5. The molecule has 57 heavy (non-hydrogen) atoms. The van der Waals surface area contributed by atoms with Crippen LogP contribution in [0.15, 0.2) is 24.3 Å². The van der Waals surface area contributed by atoms with Crippen molar-refractivity contribution in [3.8, 4) is 5.75 Å². The summed E-state index contributed by atoms with van der Waals surface area (Å²) in [5.74, 6) is -13.7. The SMILES string of the molecule is Cc1cc(C)cc(C(=O)OCOC(=O)N(CC(=O)Nc2cc(N(C)C)c3c(c2O)C(=O)C2C(=O)[C@]4(O)C(=O)C(C(N)=O)C(=O)[C@@H](N(C)C)[C@@H]4C[C@@H]2C3)C(C)(C)C)c1. The van der Waals surface area contributed by atoms with Gasteiger partial charge >= 0.3 is 12.1 Å². The summed E-state index contributed by atoms with van der Waals surface area (Å²) in [6.45, 7) is 7.20. The number of Topliss-reactive ketones (excluding diaryl/α,β-unsaturated/α-hetero) is 4. The molecule has 0 aliphatic heterocycles. The molecule has 5 rings (SSSR count). The average molecular weight is 792 g/mol. The predicted molar refractivity (Wildman–Crippen MR) is 203 cm³/mol. The summed E-state index contributed by atoms with van der Waals surface area (Å²) in [7, 11) is 6.33. The van der Waals surface area contributed by atoms with Crippen LogP contribution in [-0.4, -0.2) is 126 Å². The van der Waals surface area contributed by atoms with Crippen LogP contribution in [0.25, 0.3) is 0 Å². The number of nitrogens with zero attached hydrogens (tertiary/aromatic N) is 3. The molecular formula is C40H49N5O12. The number of fused-ring (bicyclic) bond motifs is 3. The molecule has 0 saturated heterocycles. The number of aliphatic hydroxyl groups is 1. The van der Waals surface area contributed by atoms with E-state index in [4.69, 9.17) is 15.2 Å². The van der Waals surface area contributed by atoms with Crippen LogP contribution in [0.5, 0.6) is 5.75 Å². The van der Waals surface area contributed by atoms with Gasteiger partial charge in [-0.1, -0.05) is 17.2 Å². The molecule has 2 aromatic rings. The monoisotopic (exact) mass is 791 g/mol. The van der Waals surface area contributed by atoms with Crippen LogP contribution in [-0.2, 0) is 39.9 Å². The highest BCUT2D eigenvalue weighted by molar-refractivity contribution is 6.32. The van der Waals surface area contributed by atoms with Gasteiger partial charge in [0.25, 0.3) is 0 Å². The fourth-order valence-corrected chi connectivity index (χ4v) is 8.44. The zero-order chi connectivity index (χ0) is 42.6. The lowest BCUT2D eigenvalue weighted by Crippen LogP contribution is -2.74. The summed E-state index contributed by atoms with van der Waals surface area (Å²) in [4.78, 5) is 111. The number of ether oxygens (including phenoxy) is 2. The number of phenolic OH excluding ortho intramolecular Hbond substituents is 1. The van der Waals surface area contributed by atoms with Gasteiger partial charge in [-0.2, -0.15) is 0 Å². The molecule has 17 nitrogen and oxygen atoms in total. The van der Waals surface area contributed by atoms with Crippen LogP contribution in [0.4, 0.5) is 16.2 Å². The lowest BCUT2D eigenvalue weighted by atomic mass is 9.52. The number of likely N-dealkylation sites (N-methyl/N-ethyl adjacent to an activating group) is 1. The van der Waals surface area contributed by atoms with E-state index >= 15 is 0 Å². The second-order valence-corrected chi connectivity index (χ2v) is 16.5. The van der Waals surface area contributed by atoms with Gasteiger partial charge in [0.05, 0.1) is 28.8 Å². The van der Waals surface area contributed by atoms with E-state index in [0.29, 0.717) is 11.3 Å². The number of phenols is 1. The zero-order valence-electron chi connectivity index (χ0n) is 33.4. The quantitative estimate of drug-likeness (QED) is 0.122. The van der Waals surface area contributed by atoms with Crippen molar-refractivity contribution in [3.05, 3.63) is 52.1 Å². The number of amides is 3. The highest BCUT2D eigenvalue weighted by Crippen LogP contribution is 2.52. The minimum Gasteiger partial charge on any atom is -0.505 e. The number of primary amides is 1. The van der Waals surface area contributed by atoms with Crippen LogP contribution in [0.2, 0.25) is 0 Å². The van der Waals surface area contributed by atoms with E-state index < -0.39 is 107 Å². The van der Waals surface area contributed by atoms with E-state index in [0.717, 1.165) is 16.0 Å². The number of nitrogens with two attached hydrogens (primary N) is 1. The Labute approximate surface area is 329 Å².